The maximum Gasteiger partial charge on any atom is 0.164 e. The predicted octanol–water partition coefficient (Wildman–Crippen LogP) is 10.6. The van der Waals surface area contributed by atoms with Crippen LogP contribution in [0.3, 0.4) is 0 Å². The van der Waals surface area contributed by atoms with Crippen LogP contribution in [0.25, 0.3) is 67.5 Å². The number of halogens is 1. The van der Waals surface area contributed by atoms with Gasteiger partial charge in [-0.3, -0.25) is 0 Å². The Morgan fingerprint density at radius 3 is 1.00 bits per heavy atom. The molecule has 0 N–H and O–H groups in total. The van der Waals surface area contributed by atoms with Crippen LogP contribution in [-0.4, -0.2) is 15.0 Å². The lowest BCUT2D eigenvalue weighted by atomic mass is 9.99. The first-order valence-corrected chi connectivity index (χ1v) is 14.9. The van der Waals surface area contributed by atoms with Crippen molar-refractivity contribution in [2.24, 2.45) is 0 Å². The van der Waals surface area contributed by atoms with Gasteiger partial charge in [-0.2, -0.15) is 0 Å². The first-order chi connectivity index (χ1) is 21.2. The zero-order valence-corrected chi connectivity index (χ0v) is 24.8. The summed E-state index contributed by atoms with van der Waals surface area (Å²) in [6, 6.07) is 54.3. The summed E-state index contributed by atoms with van der Waals surface area (Å²) < 4.78 is 1.07. The molecule has 0 saturated carbocycles. The van der Waals surface area contributed by atoms with Crippen molar-refractivity contribution in [3.8, 4) is 67.5 Å². The van der Waals surface area contributed by atoms with Crippen molar-refractivity contribution >= 4 is 15.9 Å². The third kappa shape index (κ3) is 5.92. The van der Waals surface area contributed by atoms with Crippen molar-refractivity contribution in [1.82, 2.24) is 15.0 Å². The Morgan fingerprint density at radius 2 is 0.581 bits per heavy atom. The van der Waals surface area contributed by atoms with Crippen LogP contribution in [0.1, 0.15) is 0 Å². The van der Waals surface area contributed by atoms with Crippen LogP contribution < -0.4 is 0 Å². The summed E-state index contributed by atoms with van der Waals surface area (Å²) in [5.74, 6) is 1.95. The highest BCUT2D eigenvalue weighted by molar-refractivity contribution is 9.10. The van der Waals surface area contributed by atoms with Crippen molar-refractivity contribution in [2.45, 2.75) is 0 Å². The largest absolute Gasteiger partial charge is 0.208 e. The van der Waals surface area contributed by atoms with Crippen LogP contribution in [-0.2, 0) is 0 Å². The molecular weight excluding hydrogens is 590 g/mol. The van der Waals surface area contributed by atoms with Gasteiger partial charge in [0.25, 0.3) is 0 Å². The highest BCUT2D eigenvalue weighted by Gasteiger charge is 2.13. The molecule has 0 unspecified atom stereocenters. The van der Waals surface area contributed by atoms with Gasteiger partial charge in [0.15, 0.2) is 17.5 Å². The lowest BCUT2D eigenvalue weighted by Gasteiger charge is -2.10. The van der Waals surface area contributed by atoms with E-state index in [0.29, 0.717) is 17.5 Å². The third-order valence-corrected chi connectivity index (χ3v) is 7.93. The number of nitrogens with zero attached hydrogens (tertiary/aromatic N) is 3. The van der Waals surface area contributed by atoms with Crippen LogP contribution in [0, 0.1) is 0 Å². The molecule has 3 nitrogen and oxygen atoms in total. The number of rotatable bonds is 6. The topological polar surface area (TPSA) is 38.7 Å². The van der Waals surface area contributed by atoms with Gasteiger partial charge in [0, 0.05) is 21.2 Å². The Balaban J connectivity index is 1.21. The van der Waals surface area contributed by atoms with Gasteiger partial charge in [-0.25, -0.2) is 15.0 Å². The van der Waals surface area contributed by atoms with E-state index in [0.717, 1.165) is 37.9 Å². The second-order valence-corrected chi connectivity index (χ2v) is 11.2. The summed E-state index contributed by atoms with van der Waals surface area (Å²) in [7, 11) is 0. The first-order valence-electron chi connectivity index (χ1n) is 14.1. The second-order valence-electron chi connectivity index (χ2n) is 10.3. The van der Waals surface area contributed by atoms with Crippen LogP contribution in [0.4, 0.5) is 0 Å². The number of hydrogen-bond acceptors (Lipinski definition) is 3. The van der Waals surface area contributed by atoms with Crippen molar-refractivity contribution < 1.29 is 0 Å². The molecular formula is C39H26BrN3. The molecule has 204 valence electrons. The standard InChI is InChI=1S/C39H26BrN3/c40-36-13-7-12-35(26-36)31-16-14-29(15-17-31)30-20-24-34(25-21-30)39-42-37(32-10-5-2-6-11-32)41-38(43-39)33-22-18-28(19-23-33)27-8-3-1-4-9-27/h1-26H. The quantitative estimate of drug-likeness (QED) is 0.187. The summed E-state index contributed by atoms with van der Waals surface area (Å²) in [5, 5.41) is 0. The van der Waals surface area contributed by atoms with Crippen LogP contribution >= 0.6 is 15.9 Å². The smallest absolute Gasteiger partial charge is 0.164 e. The second kappa shape index (κ2) is 12.0. The molecule has 0 atom stereocenters. The highest BCUT2D eigenvalue weighted by atomic mass is 79.9. The van der Waals surface area contributed by atoms with Crippen LogP contribution in [0.2, 0.25) is 0 Å². The van der Waals surface area contributed by atoms with Crippen LogP contribution in [0.15, 0.2) is 162 Å². The molecule has 0 aliphatic rings. The highest BCUT2D eigenvalue weighted by Crippen LogP contribution is 2.30. The molecule has 1 aromatic heterocycles. The molecule has 0 bridgehead atoms. The van der Waals surface area contributed by atoms with E-state index in [1.54, 1.807) is 0 Å². The average molecular weight is 617 g/mol. The van der Waals surface area contributed by atoms with Gasteiger partial charge in [-0.05, 0) is 45.5 Å². The van der Waals surface area contributed by atoms with Gasteiger partial charge in [0.05, 0.1) is 0 Å². The fourth-order valence-electron chi connectivity index (χ4n) is 5.13. The molecule has 0 spiro atoms. The van der Waals surface area contributed by atoms with E-state index in [2.05, 4.69) is 131 Å². The maximum absolute atomic E-state index is 4.93. The normalized spacial score (nSPS) is 10.9. The minimum absolute atomic E-state index is 0.646. The van der Waals surface area contributed by atoms with Gasteiger partial charge < -0.3 is 0 Å². The summed E-state index contributed by atoms with van der Waals surface area (Å²) in [6.07, 6.45) is 0. The summed E-state index contributed by atoms with van der Waals surface area (Å²) >= 11 is 3.57. The SMILES string of the molecule is Brc1cccc(-c2ccc(-c3ccc(-c4nc(-c5ccccc5)nc(-c5ccc(-c6ccccc6)cc5)n4)cc3)cc2)c1. The molecule has 1 heterocycles. The van der Waals surface area contributed by atoms with Gasteiger partial charge in [0.2, 0.25) is 0 Å². The predicted molar refractivity (Wildman–Crippen MR) is 180 cm³/mol. The Labute approximate surface area is 259 Å². The summed E-state index contributed by atoms with van der Waals surface area (Å²) in [4.78, 5) is 14.7. The van der Waals surface area contributed by atoms with Gasteiger partial charge >= 0.3 is 0 Å². The molecule has 7 rings (SSSR count). The Morgan fingerprint density at radius 1 is 0.279 bits per heavy atom. The molecule has 0 aliphatic heterocycles. The zero-order chi connectivity index (χ0) is 29.0. The van der Waals surface area contributed by atoms with Crippen molar-refractivity contribution in [1.29, 1.82) is 0 Å². The molecule has 0 radical (unpaired) electrons. The zero-order valence-electron chi connectivity index (χ0n) is 23.2. The van der Waals surface area contributed by atoms with E-state index in [1.807, 2.05) is 42.5 Å². The third-order valence-electron chi connectivity index (χ3n) is 7.44. The van der Waals surface area contributed by atoms with Gasteiger partial charge in [0.1, 0.15) is 0 Å². The van der Waals surface area contributed by atoms with Gasteiger partial charge in [-0.15, -0.1) is 0 Å². The molecule has 4 heteroatoms. The molecule has 6 aromatic carbocycles. The van der Waals surface area contributed by atoms with E-state index in [4.69, 9.17) is 15.0 Å². The number of aromatic nitrogens is 3. The summed E-state index contributed by atoms with van der Waals surface area (Å²) in [6.45, 7) is 0. The molecule has 0 fully saturated rings. The van der Waals surface area contributed by atoms with E-state index in [1.165, 1.54) is 16.7 Å². The molecule has 43 heavy (non-hydrogen) atoms. The molecule has 0 saturated heterocycles. The minimum Gasteiger partial charge on any atom is -0.208 e. The molecule has 7 aromatic rings. The van der Waals surface area contributed by atoms with Crippen molar-refractivity contribution in [3.63, 3.8) is 0 Å². The van der Waals surface area contributed by atoms with Gasteiger partial charge in [-0.1, -0.05) is 162 Å². The van der Waals surface area contributed by atoms with E-state index >= 15 is 0 Å². The fourth-order valence-corrected chi connectivity index (χ4v) is 5.53. The first kappa shape index (κ1) is 26.7. The maximum atomic E-state index is 4.93. The van der Waals surface area contributed by atoms with Crippen LogP contribution in [0.5, 0.6) is 0 Å². The van der Waals surface area contributed by atoms with E-state index in [-0.39, 0.29) is 0 Å². The van der Waals surface area contributed by atoms with Crippen molar-refractivity contribution in [2.75, 3.05) is 0 Å². The Bertz CT molecular complexity index is 1990. The number of benzene rings is 6. The molecule has 0 amide bonds. The monoisotopic (exact) mass is 615 g/mol. The lowest BCUT2D eigenvalue weighted by Crippen LogP contribution is -2.00. The fraction of sp³-hybridized carbons (Fsp3) is 0. The Kier molecular flexibility index (Phi) is 7.43. The Hall–Kier alpha value is -5.19. The van der Waals surface area contributed by atoms with Crippen molar-refractivity contribution in [3.05, 3.63) is 162 Å². The average Bonchev–Trinajstić information content (AvgIpc) is 3.09. The summed E-state index contributed by atoms with van der Waals surface area (Å²) in [5.41, 5.74) is 9.84. The minimum atomic E-state index is 0.646. The van der Waals surface area contributed by atoms with E-state index in [9.17, 15) is 0 Å². The lowest BCUT2D eigenvalue weighted by molar-refractivity contribution is 1.07. The molecule has 0 aliphatic carbocycles. The number of hydrogen-bond donors (Lipinski definition) is 0. The van der Waals surface area contributed by atoms with E-state index < -0.39 is 0 Å².